The number of hydrogen-bond donors (Lipinski definition) is 2. The fourth-order valence-corrected chi connectivity index (χ4v) is 3.00. The maximum Gasteiger partial charge on any atom is 0.350 e. The first kappa shape index (κ1) is 19.6. The molecule has 0 aromatic carbocycles. The van der Waals surface area contributed by atoms with Crippen molar-refractivity contribution < 1.29 is 19.4 Å². The molecule has 1 aromatic rings. The summed E-state index contributed by atoms with van der Waals surface area (Å²) >= 11 is 1.23. The summed E-state index contributed by atoms with van der Waals surface area (Å²) in [6.07, 6.45) is 0.620. The van der Waals surface area contributed by atoms with E-state index < -0.39 is 5.97 Å². The van der Waals surface area contributed by atoms with Crippen molar-refractivity contribution in [1.29, 1.82) is 0 Å². The van der Waals surface area contributed by atoms with Crippen LogP contribution in [-0.4, -0.2) is 55.2 Å². The number of anilines is 1. The Balaban J connectivity index is 2.68. The monoisotopic (exact) mass is 342 g/mol. The smallest absolute Gasteiger partial charge is 0.350 e. The molecule has 0 radical (unpaired) electrons. The molecule has 1 rings (SSSR count). The van der Waals surface area contributed by atoms with Crippen LogP contribution in [0, 0.1) is 5.41 Å². The van der Waals surface area contributed by atoms with Crippen LogP contribution in [0.15, 0.2) is 11.4 Å². The minimum Gasteiger partial charge on any atom is -0.465 e. The van der Waals surface area contributed by atoms with Crippen LogP contribution in [0.5, 0.6) is 0 Å². The van der Waals surface area contributed by atoms with Crippen molar-refractivity contribution in [3.05, 3.63) is 16.3 Å². The van der Waals surface area contributed by atoms with Crippen molar-refractivity contribution in [3.8, 4) is 0 Å². The summed E-state index contributed by atoms with van der Waals surface area (Å²) in [5.74, 6) is -0.641. The minimum atomic E-state index is -0.456. The van der Waals surface area contributed by atoms with Gasteiger partial charge < -0.3 is 15.2 Å². The lowest BCUT2D eigenvalue weighted by Gasteiger charge is -2.29. The maximum atomic E-state index is 12.3. The molecule has 0 aliphatic rings. The first-order valence-electron chi connectivity index (χ1n) is 7.55. The van der Waals surface area contributed by atoms with Gasteiger partial charge in [0.2, 0.25) is 5.91 Å². The van der Waals surface area contributed by atoms with Gasteiger partial charge in [-0.3, -0.25) is 9.69 Å². The molecule has 0 atom stereocenters. The predicted molar refractivity (Wildman–Crippen MR) is 91.9 cm³/mol. The fourth-order valence-electron chi connectivity index (χ4n) is 2.23. The topological polar surface area (TPSA) is 78.9 Å². The van der Waals surface area contributed by atoms with Gasteiger partial charge in [0.15, 0.2) is 0 Å². The molecular formula is C16H26N2O4S. The lowest BCUT2D eigenvalue weighted by atomic mass is 9.96. The Morgan fingerprint density at radius 1 is 1.39 bits per heavy atom. The summed E-state index contributed by atoms with van der Waals surface area (Å²) in [5, 5.41) is 13.5. The van der Waals surface area contributed by atoms with E-state index in [0.29, 0.717) is 23.5 Å². The summed E-state index contributed by atoms with van der Waals surface area (Å²) in [7, 11) is 1.31. The van der Waals surface area contributed by atoms with Crippen LogP contribution in [0.4, 0.5) is 5.69 Å². The first-order chi connectivity index (χ1) is 10.8. The second-order valence-electron chi connectivity index (χ2n) is 6.55. The Morgan fingerprint density at radius 3 is 2.65 bits per heavy atom. The second kappa shape index (κ2) is 9.00. The molecule has 130 valence electrons. The van der Waals surface area contributed by atoms with Crippen LogP contribution in [-0.2, 0) is 9.53 Å². The van der Waals surface area contributed by atoms with E-state index in [1.807, 2.05) is 4.90 Å². The Morgan fingerprint density at radius 2 is 2.09 bits per heavy atom. The van der Waals surface area contributed by atoms with Crippen molar-refractivity contribution in [2.45, 2.75) is 27.2 Å². The second-order valence-corrected chi connectivity index (χ2v) is 7.47. The number of methoxy groups -OCH3 is 1. The van der Waals surface area contributed by atoms with Crippen LogP contribution in [0.25, 0.3) is 0 Å². The number of thiophene rings is 1. The van der Waals surface area contributed by atoms with Gasteiger partial charge in [0, 0.05) is 19.7 Å². The van der Waals surface area contributed by atoms with Crippen LogP contribution in [0.1, 0.15) is 36.9 Å². The zero-order chi connectivity index (χ0) is 17.5. The highest BCUT2D eigenvalue weighted by Gasteiger charge is 2.20. The predicted octanol–water partition coefficient (Wildman–Crippen LogP) is 2.20. The SMILES string of the molecule is COC(=O)c1sccc1NC(=O)CN(CCCO)CC(C)(C)C. The van der Waals surface area contributed by atoms with Gasteiger partial charge in [-0.1, -0.05) is 20.8 Å². The molecule has 0 unspecified atom stereocenters. The van der Waals surface area contributed by atoms with Gasteiger partial charge in [-0.05, 0) is 23.3 Å². The normalized spacial score (nSPS) is 11.6. The maximum absolute atomic E-state index is 12.3. The van der Waals surface area contributed by atoms with E-state index in [1.54, 1.807) is 11.4 Å². The first-order valence-corrected chi connectivity index (χ1v) is 8.43. The van der Waals surface area contributed by atoms with Gasteiger partial charge in [0.1, 0.15) is 4.88 Å². The number of aliphatic hydroxyl groups is 1. The lowest BCUT2D eigenvalue weighted by Crippen LogP contribution is -2.39. The van der Waals surface area contributed by atoms with E-state index in [9.17, 15) is 9.59 Å². The van der Waals surface area contributed by atoms with E-state index in [0.717, 1.165) is 6.54 Å². The summed E-state index contributed by atoms with van der Waals surface area (Å²) in [6, 6.07) is 1.69. The van der Waals surface area contributed by atoms with Crippen molar-refractivity contribution in [3.63, 3.8) is 0 Å². The van der Waals surface area contributed by atoms with Gasteiger partial charge in [0.25, 0.3) is 0 Å². The fraction of sp³-hybridized carbons (Fsp3) is 0.625. The largest absolute Gasteiger partial charge is 0.465 e. The van der Waals surface area contributed by atoms with Crippen molar-refractivity contribution in [2.24, 2.45) is 5.41 Å². The summed E-state index contributed by atoms with van der Waals surface area (Å²) in [4.78, 5) is 26.3. The molecule has 2 N–H and O–H groups in total. The molecule has 1 aromatic heterocycles. The molecule has 0 saturated carbocycles. The number of carbonyl (C=O) groups excluding carboxylic acids is 2. The number of rotatable bonds is 8. The number of hydrogen-bond acceptors (Lipinski definition) is 6. The molecule has 0 aliphatic carbocycles. The zero-order valence-electron chi connectivity index (χ0n) is 14.2. The quantitative estimate of drug-likeness (QED) is 0.708. The number of nitrogens with one attached hydrogen (secondary N) is 1. The molecule has 6 nitrogen and oxygen atoms in total. The molecule has 7 heteroatoms. The van der Waals surface area contributed by atoms with E-state index in [4.69, 9.17) is 9.84 Å². The van der Waals surface area contributed by atoms with Crippen LogP contribution >= 0.6 is 11.3 Å². The van der Waals surface area contributed by atoms with Gasteiger partial charge in [0.05, 0.1) is 19.3 Å². The Bertz CT molecular complexity index is 522. The third-order valence-corrected chi connectivity index (χ3v) is 3.90. The number of amides is 1. The Kier molecular flexibility index (Phi) is 7.67. The number of esters is 1. The van der Waals surface area contributed by atoms with Gasteiger partial charge in [-0.2, -0.15) is 0 Å². The van der Waals surface area contributed by atoms with Crippen molar-refractivity contribution >= 4 is 28.9 Å². The molecule has 0 spiro atoms. The molecule has 23 heavy (non-hydrogen) atoms. The van der Waals surface area contributed by atoms with Crippen molar-refractivity contribution in [2.75, 3.05) is 38.7 Å². The molecule has 1 amide bonds. The molecule has 0 fully saturated rings. The van der Waals surface area contributed by atoms with Gasteiger partial charge in [-0.25, -0.2) is 4.79 Å². The Hall–Kier alpha value is -1.44. The van der Waals surface area contributed by atoms with Crippen molar-refractivity contribution in [1.82, 2.24) is 4.90 Å². The number of aliphatic hydroxyl groups excluding tert-OH is 1. The molecule has 0 bridgehead atoms. The van der Waals surface area contributed by atoms with E-state index in [1.165, 1.54) is 18.4 Å². The minimum absolute atomic E-state index is 0.0509. The highest BCUT2D eigenvalue weighted by atomic mass is 32.1. The molecular weight excluding hydrogens is 316 g/mol. The number of nitrogens with zero attached hydrogens (tertiary/aromatic N) is 1. The highest BCUT2D eigenvalue weighted by Crippen LogP contribution is 2.23. The highest BCUT2D eigenvalue weighted by molar-refractivity contribution is 7.12. The van der Waals surface area contributed by atoms with Crippen LogP contribution < -0.4 is 5.32 Å². The molecule has 0 saturated heterocycles. The number of carbonyl (C=O) groups is 2. The van der Waals surface area contributed by atoms with Gasteiger partial charge >= 0.3 is 5.97 Å². The third kappa shape index (κ3) is 7.11. The standard InChI is InChI=1S/C16H26N2O4S/c1-16(2,3)11-18(7-5-8-19)10-13(20)17-12-6-9-23-14(12)15(21)22-4/h6,9,19H,5,7-8,10-11H2,1-4H3,(H,17,20). The van der Waals surface area contributed by atoms with E-state index >= 15 is 0 Å². The lowest BCUT2D eigenvalue weighted by molar-refractivity contribution is -0.117. The molecule has 0 aliphatic heterocycles. The average Bonchev–Trinajstić information content (AvgIpc) is 2.90. The number of ether oxygens (including phenoxy) is 1. The Labute approximate surface area is 141 Å². The zero-order valence-corrected chi connectivity index (χ0v) is 15.0. The summed E-state index contributed by atoms with van der Waals surface area (Å²) < 4.78 is 4.70. The van der Waals surface area contributed by atoms with Crippen LogP contribution in [0.2, 0.25) is 0 Å². The third-order valence-electron chi connectivity index (χ3n) is 3.01. The van der Waals surface area contributed by atoms with Crippen LogP contribution in [0.3, 0.4) is 0 Å². The average molecular weight is 342 g/mol. The van der Waals surface area contributed by atoms with Gasteiger partial charge in [-0.15, -0.1) is 11.3 Å². The summed E-state index contributed by atoms with van der Waals surface area (Å²) in [6.45, 7) is 8.01. The molecule has 1 heterocycles. The van der Waals surface area contributed by atoms with E-state index in [-0.39, 0.29) is 24.5 Å². The van der Waals surface area contributed by atoms with E-state index in [2.05, 4.69) is 26.1 Å². The summed E-state index contributed by atoms with van der Waals surface area (Å²) in [5.41, 5.74) is 0.527.